The lowest BCUT2D eigenvalue weighted by atomic mass is 10.1. The normalized spacial score (nSPS) is 10.5. The third-order valence-corrected chi connectivity index (χ3v) is 5.19. The number of halogens is 1. The maximum atomic E-state index is 12.9. The highest BCUT2D eigenvalue weighted by molar-refractivity contribution is 7.14. The summed E-state index contributed by atoms with van der Waals surface area (Å²) in [4.78, 5) is 28.5. The molecule has 1 heterocycles. The average Bonchev–Trinajstić information content (AvgIpc) is 3.20. The molecule has 0 unspecified atom stereocenters. The third-order valence-electron chi connectivity index (χ3n) is 4.38. The number of ether oxygens (including phenoxy) is 1. The molecule has 2 N–H and O–H groups in total. The Bertz CT molecular complexity index is 988. The van der Waals surface area contributed by atoms with Gasteiger partial charge in [-0.05, 0) is 54.8 Å². The van der Waals surface area contributed by atoms with Crippen molar-refractivity contribution in [2.24, 2.45) is 0 Å². The lowest BCUT2D eigenvalue weighted by Crippen LogP contribution is -2.25. The van der Waals surface area contributed by atoms with E-state index in [1.807, 2.05) is 29.6 Å². The van der Waals surface area contributed by atoms with Gasteiger partial charge in [0.05, 0.1) is 12.8 Å². The van der Waals surface area contributed by atoms with E-state index >= 15 is 0 Å². The van der Waals surface area contributed by atoms with Crippen LogP contribution in [-0.2, 0) is 17.6 Å². The van der Waals surface area contributed by atoms with E-state index in [9.17, 15) is 14.0 Å². The van der Waals surface area contributed by atoms with E-state index in [0.29, 0.717) is 30.1 Å². The van der Waals surface area contributed by atoms with Gasteiger partial charge in [0.15, 0.2) is 5.13 Å². The minimum atomic E-state index is -0.398. The van der Waals surface area contributed by atoms with Crippen molar-refractivity contribution in [1.29, 1.82) is 0 Å². The highest BCUT2D eigenvalue weighted by Crippen LogP contribution is 2.18. The number of carbonyl (C=O) groups excluding carboxylic acids is 2. The van der Waals surface area contributed by atoms with Gasteiger partial charge in [-0.3, -0.25) is 14.9 Å². The van der Waals surface area contributed by atoms with Gasteiger partial charge in [-0.25, -0.2) is 9.37 Å². The number of methoxy groups -OCH3 is 1. The summed E-state index contributed by atoms with van der Waals surface area (Å²) in [5, 5.41) is 7.84. The molecule has 8 heteroatoms. The van der Waals surface area contributed by atoms with Crippen LogP contribution in [0.15, 0.2) is 53.9 Å². The lowest BCUT2D eigenvalue weighted by Gasteiger charge is -2.06. The summed E-state index contributed by atoms with van der Waals surface area (Å²) in [7, 11) is 1.63. The fourth-order valence-corrected chi connectivity index (χ4v) is 3.46. The van der Waals surface area contributed by atoms with Gasteiger partial charge in [0.1, 0.15) is 11.6 Å². The summed E-state index contributed by atoms with van der Waals surface area (Å²) < 4.78 is 18.1. The topological polar surface area (TPSA) is 80.3 Å². The molecule has 0 fully saturated rings. The van der Waals surface area contributed by atoms with Crippen molar-refractivity contribution in [1.82, 2.24) is 10.3 Å². The number of thiazole rings is 1. The molecule has 3 aromatic rings. The first-order chi connectivity index (χ1) is 14.5. The van der Waals surface area contributed by atoms with Gasteiger partial charge in [0.2, 0.25) is 5.91 Å². The van der Waals surface area contributed by atoms with E-state index in [1.165, 1.54) is 35.6 Å². The summed E-state index contributed by atoms with van der Waals surface area (Å²) in [6.45, 7) is 0.557. The number of hydrogen-bond donors (Lipinski definition) is 2. The zero-order valence-corrected chi connectivity index (χ0v) is 17.3. The predicted molar refractivity (Wildman–Crippen MR) is 114 cm³/mol. The van der Waals surface area contributed by atoms with Crippen molar-refractivity contribution < 1.29 is 18.7 Å². The van der Waals surface area contributed by atoms with Crippen LogP contribution in [0, 0.1) is 5.82 Å². The van der Waals surface area contributed by atoms with Crippen molar-refractivity contribution >= 4 is 28.3 Å². The van der Waals surface area contributed by atoms with Gasteiger partial charge in [0.25, 0.3) is 5.91 Å². The van der Waals surface area contributed by atoms with Crippen LogP contribution in [0.2, 0.25) is 0 Å². The van der Waals surface area contributed by atoms with Crippen LogP contribution in [0.1, 0.15) is 28.0 Å². The number of benzene rings is 2. The molecule has 2 amide bonds. The van der Waals surface area contributed by atoms with Crippen LogP contribution in [0.4, 0.5) is 9.52 Å². The van der Waals surface area contributed by atoms with Crippen LogP contribution in [0.5, 0.6) is 5.75 Å². The largest absolute Gasteiger partial charge is 0.497 e. The first-order valence-corrected chi connectivity index (χ1v) is 10.3. The number of aryl methyl sites for hydroxylation is 1. The Morgan fingerprint density at radius 1 is 1.07 bits per heavy atom. The Kier molecular flexibility index (Phi) is 7.51. The monoisotopic (exact) mass is 427 g/mol. The maximum Gasteiger partial charge on any atom is 0.257 e. The predicted octanol–water partition coefficient (Wildman–Crippen LogP) is 3.83. The molecule has 0 aliphatic carbocycles. The lowest BCUT2D eigenvalue weighted by molar-refractivity contribution is -0.121. The molecule has 30 heavy (non-hydrogen) atoms. The van der Waals surface area contributed by atoms with Gasteiger partial charge in [-0.1, -0.05) is 12.1 Å². The van der Waals surface area contributed by atoms with Crippen molar-refractivity contribution in [3.63, 3.8) is 0 Å². The molecule has 6 nitrogen and oxygen atoms in total. The van der Waals surface area contributed by atoms with Gasteiger partial charge < -0.3 is 10.1 Å². The smallest absolute Gasteiger partial charge is 0.257 e. The molecule has 156 valence electrons. The van der Waals surface area contributed by atoms with E-state index in [4.69, 9.17) is 4.74 Å². The second-order valence-electron chi connectivity index (χ2n) is 6.55. The fraction of sp³-hybridized carbons (Fsp3) is 0.227. The summed E-state index contributed by atoms with van der Waals surface area (Å²) in [5.74, 6) is 0.00483. The average molecular weight is 428 g/mol. The van der Waals surface area contributed by atoms with Gasteiger partial charge in [-0.2, -0.15) is 0 Å². The molecule has 0 atom stereocenters. The third kappa shape index (κ3) is 6.38. The van der Waals surface area contributed by atoms with E-state index in [1.54, 1.807) is 7.11 Å². The summed E-state index contributed by atoms with van der Waals surface area (Å²) in [5.41, 5.74) is 2.21. The maximum absolute atomic E-state index is 12.9. The quantitative estimate of drug-likeness (QED) is 0.544. The summed E-state index contributed by atoms with van der Waals surface area (Å²) in [6, 6.07) is 13.0. The van der Waals surface area contributed by atoms with Crippen LogP contribution in [-0.4, -0.2) is 30.5 Å². The van der Waals surface area contributed by atoms with Crippen molar-refractivity contribution in [3.05, 3.63) is 76.5 Å². The number of carbonyl (C=O) groups is 2. The molecule has 0 aliphatic heterocycles. The minimum Gasteiger partial charge on any atom is -0.497 e. The standard InChI is InChI=1S/C22H22FN3O3S/c1-29-19-9-2-15(3-10-19)12-13-24-20(27)11-8-18-14-30-22(25-18)26-21(28)16-4-6-17(23)7-5-16/h2-7,9-10,14H,8,11-13H2,1H3,(H,24,27)(H,25,26,28). The number of hydrogen-bond acceptors (Lipinski definition) is 5. The summed E-state index contributed by atoms with van der Waals surface area (Å²) in [6.07, 6.45) is 1.54. The van der Waals surface area contributed by atoms with Gasteiger partial charge in [-0.15, -0.1) is 11.3 Å². The van der Waals surface area contributed by atoms with Crippen molar-refractivity contribution in [3.8, 4) is 5.75 Å². The SMILES string of the molecule is COc1ccc(CCNC(=O)CCc2csc(NC(=O)c3ccc(F)cc3)n2)cc1. The molecule has 3 rings (SSSR count). The van der Waals surface area contributed by atoms with E-state index in [-0.39, 0.29) is 11.8 Å². The van der Waals surface area contributed by atoms with Gasteiger partial charge >= 0.3 is 0 Å². The fourth-order valence-electron chi connectivity index (χ4n) is 2.72. The zero-order valence-electron chi connectivity index (χ0n) is 16.5. The van der Waals surface area contributed by atoms with E-state index in [0.717, 1.165) is 23.4 Å². The molecule has 0 aliphatic rings. The first-order valence-electron chi connectivity index (χ1n) is 9.44. The molecule has 2 aromatic carbocycles. The van der Waals surface area contributed by atoms with Gasteiger partial charge in [0, 0.05) is 23.9 Å². The molecular formula is C22H22FN3O3S. The Balaban J connectivity index is 1.39. The van der Waals surface area contributed by atoms with Crippen LogP contribution in [0.3, 0.4) is 0 Å². The Labute approximate surface area is 178 Å². The van der Waals surface area contributed by atoms with E-state index in [2.05, 4.69) is 15.6 Å². The number of rotatable bonds is 9. The first kappa shape index (κ1) is 21.4. The molecule has 0 bridgehead atoms. The highest BCUT2D eigenvalue weighted by atomic mass is 32.1. The number of anilines is 1. The Morgan fingerprint density at radius 3 is 2.50 bits per heavy atom. The van der Waals surface area contributed by atoms with Crippen LogP contribution in [0.25, 0.3) is 0 Å². The minimum absolute atomic E-state index is 0.0478. The molecule has 0 spiro atoms. The Morgan fingerprint density at radius 2 is 1.80 bits per heavy atom. The molecule has 0 radical (unpaired) electrons. The number of nitrogens with zero attached hydrogens (tertiary/aromatic N) is 1. The van der Waals surface area contributed by atoms with E-state index < -0.39 is 5.82 Å². The van der Waals surface area contributed by atoms with Crippen molar-refractivity contribution in [2.75, 3.05) is 19.0 Å². The zero-order chi connectivity index (χ0) is 21.3. The van der Waals surface area contributed by atoms with Crippen LogP contribution < -0.4 is 15.4 Å². The second-order valence-corrected chi connectivity index (χ2v) is 7.41. The molecule has 0 saturated carbocycles. The molecule has 1 aromatic heterocycles. The number of amides is 2. The number of nitrogens with one attached hydrogen (secondary N) is 2. The Hall–Kier alpha value is -3.26. The number of aromatic nitrogens is 1. The molecular weight excluding hydrogens is 405 g/mol. The molecule has 0 saturated heterocycles. The summed E-state index contributed by atoms with van der Waals surface area (Å²) >= 11 is 1.29. The highest BCUT2D eigenvalue weighted by Gasteiger charge is 2.10. The second kappa shape index (κ2) is 10.5. The van der Waals surface area contributed by atoms with Crippen molar-refractivity contribution in [2.45, 2.75) is 19.3 Å². The van der Waals surface area contributed by atoms with Crippen LogP contribution >= 0.6 is 11.3 Å².